The Bertz CT molecular complexity index is 596. The number of aromatic hydroxyl groups is 1. The minimum atomic E-state index is -0.0517. The summed E-state index contributed by atoms with van der Waals surface area (Å²) in [5.74, 6) is 0.176. The summed E-state index contributed by atoms with van der Waals surface area (Å²) < 4.78 is 0. The van der Waals surface area contributed by atoms with Gasteiger partial charge in [0.05, 0.1) is 0 Å². The molecular formula is C14H14ClNO2. The summed E-state index contributed by atoms with van der Waals surface area (Å²) in [5.41, 5.74) is 1.02. The van der Waals surface area contributed by atoms with Crippen LogP contribution in [0.4, 0.5) is 0 Å². The second-order valence-corrected chi connectivity index (χ2v) is 4.64. The largest absolute Gasteiger partial charge is 0.508 e. The van der Waals surface area contributed by atoms with E-state index in [1.165, 1.54) is 6.92 Å². The third kappa shape index (κ3) is 2.93. The third-order valence-electron chi connectivity index (χ3n) is 2.76. The van der Waals surface area contributed by atoms with Crippen LogP contribution in [0.15, 0.2) is 30.3 Å². The zero-order chi connectivity index (χ0) is 13.1. The van der Waals surface area contributed by atoms with E-state index < -0.39 is 0 Å². The van der Waals surface area contributed by atoms with E-state index in [9.17, 15) is 9.90 Å². The van der Waals surface area contributed by atoms with Crippen LogP contribution in [-0.2, 0) is 11.2 Å². The van der Waals surface area contributed by atoms with Gasteiger partial charge in [-0.1, -0.05) is 17.7 Å². The van der Waals surface area contributed by atoms with Gasteiger partial charge in [0.15, 0.2) is 0 Å². The molecule has 18 heavy (non-hydrogen) atoms. The number of nitrogens with one attached hydrogen (secondary N) is 1. The van der Waals surface area contributed by atoms with Crippen molar-refractivity contribution in [3.05, 3.63) is 40.9 Å². The van der Waals surface area contributed by atoms with Crippen molar-refractivity contribution in [3.63, 3.8) is 0 Å². The fraction of sp³-hybridized carbons (Fsp3) is 0.214. The summed E-state index contributed by atoms with van der Waals surface area (Å²) in [6, 6.07) is 8.91. The third-order valence-corrected chi connectivity index (χ3v) is 2.97. The topological polar surface area (TPSA) is 49.3 Å². The molecule has 0 fully saturated rings. The van der Waals surface area contributed by atoms with Crippen LogP contribution in [0.5, 0.6) is 5.75 Å². The molecule has 0 aliphatic rings. The highest BCUT2D eigenvalue weighted by atomic mass is 35.5. The molecule has 0 heterocycles. The van der Waals surface area contributed by atoms with Crippen molar-refractivity contribution in [2.75, 3.05) is 6.54 Å². The Balaban J connectivity index is 2.35. The Hall–Kier alpha value is -1.74. The first kappa shape index (κ1) is 12.7. The van der Waals surface area contributed by atoms with E-state index in [-0.39, 0.29) is 11.7 Å². The number of hydrogen-bond donors (Lipinski definition) is 2. The lowest BCUT2D eigenvalue weighted by molar-refractivity contribution is -0.118. The molecule has 2 rings (SSSR count). The number of carbonyl (C=O) groups excluding carboxylic acids is 1. The predicted molar refractivity (Wildman–Crippen MR) is 73.0 cm³/mol. The number of fused-ring (bicyclic) bond motifs is 1. The monoisotopic (exact) mass is 263 g/mol. The maximum Gasteiger partial charge on any atom is 0.216 e. The van der Waals surface area contributed by atoms with Gasteiger partial charge in [-0.3, -0.25) is 4.79 Å². The van der Waals surface area contributed by atoms with E-state index in [0.717, 1.165) is 16.3 Å². The maximum atomic E-state index is 10.8. The lowest BCUT2D eigenvalue weighted by Crippen LogP contribution is -2.22. The number of halogens is 1. The van der Waals surface area contributed by atoms with Crippen LogP contribution in [-0.4, -0.2) is 17.6 Å². The SMILES string of the molecule is CC(=O)NCCc1cc(Cl)cc2ccc(O)cc12. The Labute approximate surface area is 110 Å². The molecule has 0 saturated carbocycles. The number of hydrogen-bond acceptors (Lipinski definition) is 2. The van der Waals surface area contributed by atoms with Gasteiger partial charge in [0, 0.05) is 18.5 Å². The van der Waals surface area contributed by atoms with Crippen molar-refractivity contribution in [3.8, 4) is 5.75 Å². The summed E-state index contributed by atoms with van der Waals surface area (Å²) in [4.78, 5) is 10.8. The molecule has 0 aliphatic carbocycles. The average Bonchev–Trinajstić information content (AvgIpc) is 2.29. The first-order valence-electron chi connectivity index (χ1n) is 5.72. The minimum absolute atomic E-state index is 0.0517. The van der Waals surface area contributed by atoms with Crippen LogP contribution in [0.2, 0.25) is 5.02 Å². The van der Waals surface area contributed by atoms with Gasteiger partial charge in [0.2, 0.25) is 5.91 Å². The molecular weight excluding hydrogens is 250 g/mol. The van der Waals surface area contributed by atoms with Crippen molar-refractivity contribution in [1.29, 1.82) is 0 Å². The number of amides is 1. The standard InChI is InChI=1S/C14H14ClNO2/c1-9(17)16-5-4-11-7-12(15)6-10-2-3-13(18)8-14(10)11/h2-3,6-8,18H,4-5H2,1H3,(H,16,17). The molecule has 0 atom stereocenters. The van der Waals surface area contributed by atoms with Crippen molar-refractivity contribution in [2.24, 2.45) is 0 Å². The zero-order valence-electron chi connectivity index (χ0n) is 10.0. The smallest absolute Gasteiger partial charge is 0.216 e. The molecule has 4 heteroatoms. The summed E-state index contributed by atoms with van der Waals surface area (Å²) in [6.45, 7) is 2.04. The second-order valence-electron chi connectivity index (χ2n) is 4.20. The van der Waals surface area contributed by atoms with Crippen molar-refractivity contribution >= 4 is 28.3 Å². The number of rotatable bonds is 3. The quantitative estimate of drug-likeness (QED) is 0.895. The minimum Gasteiger partial charge on any atom is -0.508 e. The summed E-state index contributed by atoms with van der Waals surface area (Å²) in [5, 5.41) is 14.9. The number of benzene rings is 2. The maximum absolute atomic E-state index is 10.8. The molecule has 0 spiro atoms. The molecule has 0 unspecified atom stereocenters. The summed E-state index contributed by atoms with van der Waals surface area (Å²) in [6.07, 6.45) is 0.681. The van der Waals surface area contributed by atoms with E-state index in [0.29, 0.717) is 18.0 Å². The first-order chi connectivity index (χ1) is 8.56. The van der Waals surface area contributed by atoms with E-state index in [1.54, 1.807) is 12.1 Å². The van der Waals surface area contributed by atoms with Crippen LogP contribution in [0, 0.1) is 0 Å². The van der Waals surface area contributed by atoms with E-state index in [1.807, 2.05) is 18.2 Å². The Morgan fingerprint density at radius 1 is 1.33 bits per heavy atom. The van der Waals surface area contributed by atoms with Crippen LogP contribution in [0.1, 0.15) is 12.5 Å². The molecule has 0 bridgehead atoms. The Morgan fingerprint density at radius 3 is 2.83 bits per heavy atom. The number of phenols is 1. The predicted octanol–water partition coefficient (Wildman–Crippen LogP) is 2.88. The molecule has 2 aromatic rings. The molecule has 0 saturated heterocycles. The van der Waals surface area contributed by atoms with Gasteiger partial charge in [-0.2, -0.15) is 0 Å². The van der Waals surface area contributed by atoms with Gasteiger partial charge in [0.25, 0.3) is 0 Å². The van der Waals surface area contributed by atoms with Gasteiger partial charge >= 0.3 is 0 Å². The molecule has 1 amide bonds. The zero-order valence-corrected chi connectivity index (χ0v) is 10.8. The highest BCUT2D eigenvalue weighted by Crippen LogP contribution is 2.27. The van der Waals surface area contributed by atoms with Gasteiger partial charge < -0.3 is 10.4 Å². The summed E-state index contributed by atoms with van der Waals surface area (Å²) >= 11 is 6.06. The van der Waals surface area contributed by atoms with E-state index in [2.05, 4.69) is 5.32 Å². The fourth-order valence-corrected chi connectivity index (χ4v) is 2.21. The highest BCUT2D eigenvalue weighted by molar-refractivity contribution is 6.31. The molecule has 3 nitrogen and oxygen atoms in total. The normalized spacial score (nSPS) is 10.6. The first-order valence-corrected chi connectivity index (χ1v) is 6.09. The van der Waals surface area contributed by atoms with Gasteiger partial charge in [-0.05, 0) is 47.0 Å². The lowest BCUT2D eigenvalue weighted by atomic mass is 10.0. The summed E-state index contributed by atoms with van der Waals surface area (Å²) in [7, 11) is 0. The Kier molecular flexibility index (Phi) is 3.72. The number of carbonyl (C=O) groups is 1. The molecule has 0 radical (unpaired) electrons. The van der Waals surface area contributed by atoms with E-state index >= 15 is 0 Å². The van der Waals surface area contributed by atoms with Crippen molar-refractivity contribution in [2.45, 2.75) is 13.3 Å². The average molecular weight is 264 g/mol. The van der Waals surface area contributed by atoms with Crippen LogP contribution < -0.4 is 5.32 Å². The van der Waals surface area contributed by atoms with Gasteiger partial charge in [-0.15, -0.1) is 0 Å². The lowest BCUT2D eigenvalue weighted by Gasteiger charge is -2.08. The molecule has 2 aromatic carbocycles. The van der Waals surface area contributed by atoms with Gasteiger partial charge in [-0.25, -0.2) is 0 Å². The fourth-order valence-electron chi connectivity index (χ4n) is 1.96. The number of phenolic OH excluding ortho intramolecular Hbond substituents is 1. The van der Waals surface area contributed by atoms with E-state index in [4.69, 9.17) is 11.6 Å². The van der Waals surface area contributed by atoms with Crippen LogP contribution in [0.25, 0.3) is 10.8 Å². The van der Waals surface area contributed by atoms with Gasteiger partial charge in [0.1, 0.15) is 5.75 Å². The molecule has 0 aromatic heterocycles. The van der Waals surface area contributed by atoms with Crippen molar-refractivity contribution < 1.29 is 9.90 Å². The van der Waals surface area contributed by atoms with Crippen molar-refractivity contribution in [1.82, 2.24) is 5.32 Å². The van der Waals surface area contributed by atoms with Crippen LogP contribution in [0.3, 0.4) is 0 Å². The molecule has 94 valence electrons. The molecule has 2 N–H and O–H groups in total. The molecule has 0 aliphatic heterocycles. The second kappa shape index (κ2) is 5.27. The highest BCUT2D eigenvalue weighted by Gasteiger charge is 2.05. The van der Waals surface area contributed by atoms with Crippen LogP contribution >= 0.6 is 11.6 Å². The Morgan fingerprint density at radius 2 is 2.11 bits per heavy atom.